The van der Waals surface area contributed by atoms with E-state index < -0.39 is 26.1 Å². The zero-order valence-electron chi connectivity index (χ0n) is 17.5. The fourth-order valence-corrected chi connectivity index (χ4v) is 5.11. The van der Waals surface area contributed by atoms with Crippen LogP contribution in [0, 0.1) is 0 Å². The fourth-order valence-electron chi connectivity index (χ4n) is 3.47. The molecule has 0 unspecified atom stereocenters. The van der Waals surface area contributed by atoms with Gasteiger partial charge in [0.25, 0.3) is 0 Å². The first kappa shape index (κ1) is 22.6. The van der Waals surface area contributed by atoms with Crippen LogP contribution in [0.1, 0.15) is 0 Å². The number of hydrogen-bond acceptors (Lipinski definition) is 5. The largest absolute Gasteiger partial charge is 0.495 e. The summed E-state index contributed by atoms with van der Waals surface area (Å²) >= 11 is 6.11. The van der Waals surface area contributed by atoms with Crippen LogP contribution in [-0.2, 0) is 21.2 Å². The van der Waals surface area contributed by atoms with Gasteiger partial charge in [-0.15, -0.1) is 0 Å². The quantitative estimate of drug-likeness (QED) is 0.446. The van der Waals surface area contributed by atoms with Gasteiger partial charge in [-0.2, -0.15) is 0 Å². The van der Waals surface area contributed by atoms with Gasteiger partial charge in [-0.1, -0.05) is 41.9 Å². The zero-order chi connectivity index (χ0) is 23.6. The maximum absolute atomic E-state index is 13.2. The average molecular weight is 483 g/mol. The molecule has 7 nitrogen and oxygen atoms in total. The second kappa shape index (κ2) is 9.09. The molecule has 0 fully saturated rings. The summed E-state index contributed by atoms with van der Waals surface area (Å²) in [5, 5.41) is 3.26. The van der Waals surface area contributed by atoms with Crippen LogP contribution in [0.3, 0.4) is 0 Å². The SMILES string of the molecule is COc1ccc(NC(=O)Cn2cc(S(=O)(=O)c3ccccc3)c(=O)c3ccccc32)cc1Cl. The Kier molecular flexibility index (Phi) is 6.22. The van der Waals surface area contributed by atoms with Crippen molar-refractivity contribution in [3.8, 4) is 5.75 Å². The molecule has 0 saturated carbocycles. The average Bonchev–Trinajstić information content (AvgIpc) is 2.81. The van der Waals surface area contributed by atoms with Crippen molar-refractivity contribution in [1.29, 1.82) is 0 Å². The van der Waals surface area contributed by atoms with E-state index in [1.54, 1.807) is 60.7 Å². The van der Waals surface area contributed by atoms with E-state index in [1.807, 2.05) is 0 Å². The molecule has 0 aliphatic heterocycles. The molecular formula is C24H19ClN2O5S. The Bertz CT molecular complexity index is 1520. The summed E-state index contributed by atoms with van der Waals surface area (Å²) in [4.78, 5) is 25.4. The smallest absolute Gasteiger partial charge is 0.244 e. The molecule has 1 amide bonds. The van der Waals surface area contributed by atoms with Gasteiger partial charge in [0.05, 0.1) is 22.5 Å². The minimum absolute atomic E-state index is 0.00116. The standard InChI is InChI=1S/C24H19ClN2O5S/c1-32-21-12-11-16(13-19(21)25)26-23(28)15-27-14-22(24(29)18-9-5-6-10-20(18)27)33(30,31)17-7-3-2-4-8-17/h2-14H,15H2,1H3,(H,26,28). The molecule has 1 N–H and O–H groups in total. The number of nitrogens with one attached hydrogen (secondary N) is 1. The summed E-state index contributed by atoms with van der Waals surface area (Å²) in [7, 11) is -2.60. The van der Waals surface area contributed by atoms with Crippen LogP contribution < -0.4 is 15.5 Å². The molecule has 0 bridgehead atoms. The maximum atomic E-state index is 13.2. The molecule has 0 radical (unpaired) electrons. The number of anilines is 1. The van der Waals surface area contributed by atoms with E-state index >= 15 is 0 Å². The number of fused-ring (bicyclic) bond motifs is 1. The van der Waals surface area contributed by atoms with Crippen LogP contribution >= 0.6 is 11.6 Å². The Balaban J connectivity index is 1.75. The number of aromatic nitrogens is 1. The zero-order valence-corrected chi connectivity index (χ0v) is 19.1. The number of sulfone groups is 1. The third-order valence-electron chi connectivity index (χ3n) is 5.05. The van der Waals surface area contributed by atoms with Crippen molar-refractivity contribution < 1.29 is 17.9 Å². The monoisotopic (exact) mass is 482 g/mol. The number of benzene rings is 3. The molecule has 0 spiro atoms. The third kappa shape index (κ3) is 4.48. The molecule has 0 atom stereocenters. The molecule has 168 valence electrons. The lowest BCUT2D eigenvalue weighted by atomic mass is 10.2. The maximum Gasteiger partial charge on any atom is 0.244 e. The molecule has 3 aromatic carbocycles. The molecule has 9 heteroatoms. The van der Waals surface area contributed by atoms with Gasteiger partial charge in [0.15, 0.2) is 0 Å². The van der Waals surface area contributed by atoms with Gasteiger partial charge in [-0.3, -0.25) is 9.59 Å². The van der Waals surface area contributed by atoms with Gasteiger partial charge in [-0.05, 0) is 42.5 Å². The first-order valence-electron chi connectivity index (χ1n) is 9.87. The van der Waals surface area contributed by atoms with Crippen LogP contribution in [0.4, 0.5) is 5.69 Å². The summed E-state index contributed by atoms with van der Waals surface area (Å²) in [5.41, 5.74) is 0.277. The molecule has 33 heavy (non-hydrogen) atoms. The molecule has 1 aromatic heterocycles. The van der Waals surface area contributed by atoms with Crippen LogP contribution in [0.2, 0.25) is 5.02 Å². The van der Waals surface area contributed by atoms with Crippen LogP contribution in [0.5, 0.6) is 5.75 Å². The predicted molar refractivity (Wildman–Crippen MR) is 127 cm³/mol. The van der Waals surface area contributed by atoms with Crippen molar-refractivity contribution in [3.63, 3.8) is 0 Å². The lowest BCUT2D eigenvalue weighted by Gasteiger charge is -2.14. The lowest BCUT2D eigenvalue weighted by Crippen LogP contribution is -2.23. The van der Waals surface area contributed by atoms with Gasteiger partial charge in [0.2, 0.25) is 21.2 Å². The van der Waals surface area contributed by atoms with Crippen molar-refractivity contribution >= 4 is 43.9 Å². The number of amides is 1. The number of hydrogen-bond donors (Lipinski definition) is 1. The Morgan fingerprint density at radius 2 is 1.73 bits per heavy atom. The van der Waals surface area contributed by atoms with E-state index in [0.29, 0.717) is 22.0 Å². The van der Waals surface area contributed by atoms with Gasteiger partial charge < -0.3 is 14.6 Å². The number of pyridine rings is 1. The molecule has 0 aliphatic rings. The highest BCUT2D eigenvalue weighted by molar-refractivity contribution is 7.91. The summed E-state index contributed by atoms with van der Waals surface area (Å²) < 4.78 is 32.9. The van der Waals surface area contributed by atoms with Crippen molar-refractivity contribution in [2.24, 2.45) is 0 Å². The van der Waals surface area contributed by atoms with E-state index in [1.165, 1.54) is 30.0 Å². The summed E-state index contributed by atoms with van der Waals surface area (Å²) in [6.07, 6.45) is 1.22. The second-order valence-corrected chi connectivity index (χ2v) is 9.51. The fraction of sp³-hybridized carbons (Fsp3) is 0.0833. The summed E-state index contributed by atoms with van der Waals surface area (Å²) in [6.45, 7) is -0.220. The Morgan fingerprint density at radius 3 is 2.42 bits per heavy atom. The number of rotatable bonds is 6. The number of halogens is 1. The van der Waals surface area contributed by atoms with Gasteiger partial charge in [-0.25, -0.2) is 8.42 Å². The van der Waals surface area contributed by atoms with E-state index in [-0.39, 0.29) is 16.8 Å². The Hall–Kier alpha value is -3.62. The van der Waals surface area contributed by atoms with Crippen molar-refractivity contribution in [2.45, 2.75) is 16.3 Å². The Labute approximate surface area is 195 Å². The molecular weight excluding hydrogens is 464 g/mol. The number of nitrogens with zero attached hydrogens (tertiary/aromatic N) is 1. The molecule has 4 aromatic rings. The molecule has 0 saturated heterocycles. The number of ether oxygens (including phenoxy) is 1. The van der Waals surface area contributed by atoms with Crippen LogP contribution in [0.15, 0.2) is 93.6 Å². The van der Waals surface area contributed by atoms with E-state index in [4.69, 9.17) is 16.3 Å². The summed E-state index contributed by atoms with van der Waals surface area (Å²) in [6, 6.07) is 19.1. The van der Waals surface area contributed by atoms with Gasteiger partial charge >= 0.3 is 0 Å². The van der Waals surface area contributed by atoms with Crippen molar-refractivity contribution in [1.82, 2.24) is 4.57 Å². The van der Waals surface area contributed by atoms with Crippen molar-refractivity contribution in [2.75, 3.05) is 12.4 Å². The number of para-hydroxylation sites is 1. The second-order valence-electron chi connectivity index (χ2n) is 7.18. The molecule has 4 rings (SSSR count). The van der Waals surface area contributed by atoms with Gasteiger partial charge in [0.1, 0.15) is 17.2 Å². The van der Waals surface area contributed by atoms with Crippen LogP contribution in [-0.4, -0.2) is 26.0 Å². The minimum Gasteiger partial charge on any atom is -0.495 e. The van der Waals surface area contributed by atoms with E-state index in [2.05, 4.69) is 5.32 Å². The third-order valence-corrected chi connectivity index (χ3v) is 7.11. The summed E-state index contributed by atoms with van der Waals surface area (Å²) in [5.74, 6) is 0.0462. The van der Waals surface area contributed by atoms with Crippen LogP contribution in [0.25, 0.3) is 10.9 Å². The van der Waals surface area contributed by atoms with Crippen molar-refractivity contribution in [3.05, 3.63) is 94.2 Å². The number of carbonyl (C=O) groups excluding carboxylic acids is 1. The number of carbonyl (C=O) groups is 1. The Morgan fingerprint density at radius 1 is 1.03 bits per heavy atom. The van der Waals surface area contributed by atoms with E-state index in [9.17, 15) is 18.0 Å². The minimum atomic E-state index is -4.09. The topological polar surface area (TPSA) is 94.5 Å². The molecule has 1 heterocycles. The number of methoxy groups -OCH3 is 1. The highest BCUT2D eigenvalue weighted by Crippen LogP contribution is 2.27. The highest BCUT2D eigenvalue weighted by atomic mass is 35.5. The predicted octanol–water partition coefficient (Wildman–Crippen LogP) is 4.14. The highest BCUT2D eigenvalue weighted by Gasteiger charge is 2.24. The first-order chi connectivity index (χ1) is 15.8. The normalized spacial score (nSPS) is 11.3. The lowest BCUT2D eigenvalue weighted by molar-refractivity contribution is -0.116. The molecule has 0 aliphatic carbocycles. The first-order valence-corrected chi connectivity index (χ1v) is 11.7. The van der Waals surface area contributed by atoms with E-state index in [0.717, 1.165) is 0 Å². The van der Waals surface area contributed by atoms with Gasteiger partial charge in [0, 0.05) is 17.3 Å².